The van der Waals surface area contributed by atoms with Crippen molar-refractivity contribution in [1.29, 1.82) is 0 Å². The Bertz CT molecular complexity index is 1000. The number of amides is 1. The lowest BCUT2D eigenvalue weighted by molar-refractivity contribution is -0.137. The second-order valence-corrected chi connectivity index (χ2v) is 8.33. The quantitative estimate of drug-likeness (QED) is 0.707. The number of ether oxygens (including phenoxy) is 1. The summed E-state index contributed by atoms with van der Waals surface area (Å²) in [7, 11) is 0. The van der Waals surface area contributed by atoms with E-state index in [1.807, 2.05) is 28.0 Å². The summed E-state index contributed by atoms with van der Waals surface area (Å²) in [5, 5.41) is 2.78. The van der Waals surface area contributed by atoms with Gasteiger partial charge in [0.1, 0.15) is 0 Å². The highest BCUT2D eigenvalue weighted by Crippen LogP contribution is 2.36. The Balaban J connectivity index is 1.49. The number of carbonyl (C=O) groups excluding carboxylic acids is 1. The molecule has 0 aliphatic carbocycles. The molecular weight excluding hydrogens is 431 g/mol. The molecule has 4 rings (SSSR count). The van der Waals surface area contributed by atoms with Crippen LogP contribution in [0, 0.1) is 0 Å². The molecule has 1 fully saturated rings. The molecule has 8 heteroatoms. The molecule has 1 amide bonds. The molecule has 0 saturated carbocycles. The van der Waals surface area contributed by atoms with Gasteiger partial charge in [-0.1, -0.05) is 36.4 Å². The maximum absolute atomic E-state index is 13.3. The topological polar surface area (TPSA) is 44.8 Å². The summed E-state index contributed by atoms with van der Waals surface area (Å²) in [4.78, 5) is 17.0. The van der Waals surface area contributed by atoms with Crippen molar-refractivity contribution >= 4 is 22.9 Å². The van der Waals surface area contributed by atoms with Gasteiger partial charge in [-0.3, -0.25) is 9.69 Å². The first-order valence-electron chi connectivity index (χ1n) is 11.2. The van der Waals surface area contributed by atoms with Crippen molar-refractivity contribution in [3.63, 3.8) is 0 Å². The van der Waals surface area contributed by atoms with Gasteiger partial charge in [0.05, 0.1) is 36.2 Å². The number of anilines is 2. The van der Waals surface area contributed by atoms with Crippen molar-refractivity contribution in [2.75, 3.05) is 49.6 Å². The van der Waals surface area contributed by atoms with Crippen LogP contribution in [0.5, 0.6) is 0 Å². The third-order valence-electron chi connectivity index (χ3n) is 6.25. The summed E-state index contributed by atoms with van der Waals surface area (Å²) in [6.45, 7) is 5.21. The fourth-order valence-electron chi connectivity index (χ4n) is 4.25. The molecule has 1 atom stereocenters. The number of rotatable bonds is 5. The third kappa shape index (κ3) is 5.57. The minimum Gasteiger partial charge on any atom is -0.378 e. The molecule has 33 heavy (non-hydrogen) atoms. The van der Waals surface area contributed by atoms with Crippen LogP contribution < -0.4 is 10.2 Å². The summed E-state index contributed by atoms with van der Waals surface area (Å²) in [6.07, 6.45) is -1.56. The maximum Gasteiger partial charge on any atom is 0.416 e. The number of hydrogen-bond acceptors (Lipinski definition) is 4. The molecule has 5 nitrogen and oxygen atoms in total. The van der Waals surface area contributed by atoms with Crippen LogP contribution >= 0.6 is 0 Å². The van der Waals surface area contributed by atoms with Crippen LogP contribution in [-0.4, -0.2) is 56.2 Å². The van der Waals surface area contributed by atoms with E-state index in [0.717, 1.165) is 18.6 Å². The second-order valence-electron chi connectivity index (χ2n) is 8.33. The average Bonchev–Trinajstić information content (AvgIpc) is 2.84. The fraction of sp³-hybridized carbons (Fsp3) is 0.400. The standard InChI is InChI=1S/C25H28F3N3O2/c1-18(30-11-9-20(10-12-30)19-5-3-2-4-6-19)24(32)29-22-17-21(25(26,27)28)7-8-23(22)31-13-15-33-16-14-31/h2-9,17-18H,10-16H2,1H3,(H,29,32)/t18-/m1/s1. The Morgan fingerprint density at radius 2 is 1.79 bits per heavy atom. The van der Waals surface area contributed by atoms with E-state index >= 15 is 0 Å². The molecule has 0 unspecified atom stereocenters. The monoisotopic (exact) mass is 459 g/mol. The molecule has 0 radical (unpaired) electrons. The Hall–Kier alpha value is -2.84. The van der Waals surface area contributed by atoms with Crippen molar-refractivity contribution < 1.29 is 22.7 Å². The van der Waals surface area contributed by atoms with Gasteiger partial charge in [-0.25, -0.2) is 0 Å². The predicted octanol–water partition coefficient (Wildman–Crippen LogP) is 4.66. The minimum atomic E-state index is -4.49. The first-order valence-corrected chi connectivity index (χ1v) is 11.2. The SMILES string of the molecule is C[C@H](C(=O)Nc1cc(C(F)(F)F)ccc1N1CCOCC1)N1CC=C(c2ccccc2)CC1. The molecule has 2 aromatic rings. The van der Waals surface area contributed by atoms with E-state index in [1.165, 1.54) is 17.2 Å². The summed E-state index contributed by atoms with van der Waals surface area (Å²) >= 11 is 0. The number of hydrogen-bond donors (Lipinski definition) is 1. The number of carbonyl (C=O) groups is 1. The van der Waals surface area contributed by atoms with Gasteiger partial charge >= 0.3 is 6.18 Å². The lowest BCUT2D eigenvalue weighted by atomic mass is 9.99. The van der Waals surface area contributed by atoms with Crippen LogP contribution in [0.3, 0.4) is 0 Å². The van der Waals surface area contributed by atoms with Gasteiger partial charge in [-0.05, 0) is 42.7 Å². The number of halogens is 3. The van der Waals surface area contributed by atoms with E-state index in [0.29, 0.717) is 45.1 Å². The van der Waals surface area contributed by atoms with Gasteiger partial charge in [0.15, 0.2) is 0 Å². The zero-order valence-corrected chi connectivity index (χ0v) is 18.6. The third-order valence-corrected chi connectivity index (χ3v) is 6.25. The molecule has 2 aliphatic rings. The summed E-state index contributed by atoms with van der Waals surface area (Å²) in [5.74, 6) is -0.319. The summed E-state index contributed by atoms with van der Waals surface area (Å²) in [6, 6.07) is 13.2. The van der Waals surface area contributed by atoms with E-state index < -0.39 is 17.8 Å². The molecule has 2 heterocycles. The largest absolute Gasteiger partial charge is 0.416 e. The van der Waals surface area contributed by atoms with Crippen molar-refractivity contribution in [2.24, 2.45) is 0 Å². The Kier molecular flexibility index (Phi) is 7.05. The van der Waals surface area contributed by atoms with Gasteiger partial charge in [-0.2, -0.15) is 13.2 Å². The van der Waals surface area contributed by atoms with Crippen LogP contribution in [0.2, 0.25) is 0 Å². The van der Waals surface area contributed by atoms with E-state index in [9.17, 15) is 18.0 Å². The van der Waals surface area contributed by atoms with Crippen molar-refractivity contribution in [1.82, 2.24) is 4.90 Å². The Morgan fingerprint density at radius 3 is 2.42 bits per heavy atom. The number of alkyl halides is 3. The summed E-state index contributed by atoms with van der Waals surface area (Å²) in [5.41, 5.74) is 2.40. The fourth-order valence-corrected chi connectivity index (χ4v) is 4.25. The molecule has 2 aliphatic heterocycles. The van der Waals surface area contributed by atoms with Crippen LogP contribution in [0.1, 0.15) is 24.5 Å². The molecule has 1 saturated heterocycles. The van der Waals surface area contributed by atoms with Gasteiger partial charge < -0.3 is 15.0 Å². The molecule has 176 valence electrons. The average molecular weight is 460 g/mol. The van der Waals surface area contributed by atoms with Crippen LogP contribution in [0.15, 0.2) is 54.6 Å². The highest BCUT2D eigenvalue weighted by Gasteiger charge is 2.32. The number of morpholine rings is 1. The first kappa shape index (κ1) is 23.3. The van der Waals surface area contributed by atoms with E-state index in [1.54, 1.807) is 6.92 Å². The maximum atomic E-state index is 13.3. The van der Waals surface area contributed by atoms with Crippen molar-refractivity contribution in [3.05, 3.63) is 65.7 Å². The van der Waals surface area contributed by atoms with E-state index in [2.05, 4.69) is 23.5 Å². The highest BCUT2D eigenvalue weighted by atomic mass is 19.4. The van der Waals surface area contributed by atoms with Gasteiger partial charge in [0.2, 0.25) is 5.91 Å². The smallest absolute Gasteiger partial charge is 0.378 e. The van der Waals surface area contributed by atoms with Gasteiger partial charge in [0.25, 0.3) is 0 Å². The Labute approximate surface area is 191 Å². The molecule has 0 bridgehead atoms. The van der Waals surface area contributed by atoms with Crippen LogP contribution in [0.25, 0.3) is 5.57 Å². The van der Waals surface area contributed by atoms with Crippen LogP contribution in [-0.2, 0) is 15.7 Å². The summed E-state index contributed by atoms with van der Waals surface area (Å²) < 4.78 is 45.4. The number of benzene rings is 2. The lowest BCUT2D eigenvalue weighted by Crippen LogP contribution is -2.44. The van der Waals surface area contributed by atoms with Crippen molar-refractivity contribution in [3.8, 4) is 0 Å². The predicted molar refractivity (Wildman–Crippen MR) is 123 cm³/mol. The zero-order valence-electron chi connectivity index (χ0n) is 18.6. The van der Waals surface area contributed by atoms with E-state index in [-0.39, 0.29) is 11.6 Å². The molecular formula is C25H28F3N3O2. The van der Waals surface area contributed by atoms with Crippen LogP contribution in [0.4, 0.5) is 24.5 Å². The Morgan fingerprint density at radius 1 is 1.06 bits per heavy atom. The molecule has 2 aromatic carbocycles. The zero-order chi connectivity index (χ0) is 23.4. The minimum absolute atomic E-state index is 0.182. The van der Waals surface area contributed by atoms with Gasteiger partial charge in [0, 0.05) is 26.2 Å². The first-order chi connectivity index (χ1) is 15.8. The lowest BCUT2D eigenvalue weighted by Gasteiger charge is -2.33. The highest BCUT2D eigenvalue weighted by molar-refractivity contribution is 5.97. The number of nitrogens with one attached hydrogen (secondary N) is 1. The van der Waals surface area contributed by atoms with E-state index in [4.69, 9.17) is 4.74 Å². The molecule has 0 aromatic heterocycles. The normalized spacial score (nSPS) is 18.5. The molecule has 1 N–H and O–H groups in total. The number of nitrogens with zero attached hydrogens (tertiary/aromatic N) is 2. The van der Waals surface area contributed by atoms with Gasteiger partial charge in [-0.15, -0.1) is 0 Å². The second kappa shape index (κ2) is 9.97. The molecule has 0 spiro atoms. The van der Waals surface area contributed by atoms with Crippen molar-refractivity contribution in [2.45, 2.75) is 25.6 Å².